The van der Waals surface area contributed by atoms with Gasteiger partial charge in [0.15, 0.2) is 12.4 Å². The number of ether oxygens (including phenoxy) is 5. The van der Waals surface area contributed by atoms with E-state index in [4.69, 9.17) is 72.1 Å². The zero-order valence-corrected chi connectivity index (χ0v) is 39.3. The minimum atomic E-state index is -4.59. The second kappa shape index (κ2) is 29.5. The van der Waals surface area contributed by atoms with Gasteiger partial charge in [-0.1, -0.05) is 203 Å². The number of rotatable bonds is 30. The number of halogens is 3. The third-order valence-electron chi connectivity index (χ3n) is 10.0. The second-order valence-corrected chi connectivity index (χ2v) is 19.4. The second-order valence-electron chi connectivity index (χ2n) is 15.3. The first-order valence-electron chi connectivity index (χ1n) is 21.8. The highest BCUT2D eigenvalue weighted by Gasteiger charge is 2.53. The average Bonchev–Trinajstić information content (AvgIpc) is 3.28. The predicted molar refractivity (Wildman–Crippen MR) is 245 cm³/mol. The molecule has 3 aromatic carbocycles. The molecule has 16 heteroatoms. The Balaban J connectivity index is 1.64. The summed E-state index contributed by atoms with van der Waals surface area (Å²) in [6.45, 7) is 5.02. The van der Waals surface area contributed by atoms with Gasteiger partial charge in [-0.05, 0) is 23.1 Å². The smallest absolute Gasteiger partial charge is 0.457 e. The maximum Gasteiger partial charge on any atom is 0.475 e. The van der Waals surface area contributed by atoms with Crippen molar-refractivity contribution in [1.82, 2.24) is 5.32 Å². The molecule has 0 radical (unpaired) electrons. The van der Waals surface area contributed by atoms with Crippen LogP contribution in [0.15, 0.2) is 104 Å². The largest absolute Gasteiger partial charge is 0.475 e. The van der Waals surface area contributed by atoms with Crippen molar-refractivity contribution in [2.75, 3.05) is 19.8 Å². The number of alkyl halides is 3. The van der Waals surface area contributed by atoms with Crippen LogP contribution in [0.4, 0.5) is 4.79 Å². The minimum absolute atomic E-state index is 0.0343. The molecule has 12 nitrogen and oxygen atoms in total. The van der Waals surface area contributed by atoms with Crippen molar-refractivity contribution in [2.45, 2.75) is 138 Å². The van der Waals surface area contributed by atoms with Crippen LogP contribution in [-0.4, -0.2) is 66.3 Å². The van der Waals surface area contributed by atoms with E-state index in [0.29, 0.717) is 17.5 Å². The molecular formula is C47H63Cl3NO11P. The van der Waals surface area contributed by atoms with Crippen molar-refractivity contribution >= 4 is 54.7 Å². The highest BCUT2D eigenvalue weighted by atomic mass is 35.6. The van der Waals surface area contributed by atoms with Gasteiger partial charge in [0, 0.05) is 6.42 Å². The molecule has 4 rings (SSSR count). The third kappa shape index (κ3) is 21.2. The molecule has 0 bridgehead atoms. The first-order chi connectivity index (χ1) is 30.5. The molecule has 0 aromatic heterocycles. The Hall–Kier alpha value is -3.00. The zero-order valence-electron chi connectivity index (χ0n) is 36.1. The van der Waals surface area contributed by atoms with Crippen LogP contribution in [0.1, 0.15) is 101 Å². The van der Waals surface area contributed by atoms with Crippen LogP contribution in [0.25, 0.3) is 0 Å². The summed E-state index contributed by atoms with van der Waals surface area (Å²) in [6.07, 6.45) is 7.28. The fourth-order valence-electron chi connectivity index (χ4n) is 6.80. The summed E-state index contributed by atoms with van der Waals surface area (Å²) in [4.78, 5) is 27.2. The van der Waals surface area contributed by atoms with Crippen LogP contribution in [0.5, 0.6) is 0 Å². The van der Waals surface area contributed by atoms with E-state index in [-0.39, 0.29) is 39.5 Å². The van der Waals surface area contributed by atoms with Crippen molar-refractivity contribution in [3.8, 4) is 0 Å². The molecule has 63 heavy (non-hydrogen) atoms. The van der Waals surface area contributed by atoms with E-state index in [9.17, 15) is 14.2 Å². The maximum absolute atomic E-state index is 15.0. The molecule has 1 fully saturated rings. The van der Waals surface area contributed by atoms with Gasteiger partial charge in [0.05, 0.1) is 33.0 Å². The average molecular weight is 955 g/mol. The Labute approximate surface area is 388 Å². The van der Waals surface area contributed by atoms with Gasteiger partial charge in [0.25, 0.3) is 0 Å². The topological polar surface area (TPSA) is 137 Å². The van der Waals surface area contributed by atoms with Gasteiger partial charge in [-0.3, -0.25) is 18.4 Å². The predicted octanol–water partition coefficient (Wildman–Crippen LogP) is 12.1. The number of nitrogens with one attached hydrogen (secondary N) is 1. The summed E-state index contributed by atoms with van der Waals surface area (Å²) >= 11 is 17.7. The molecule has 1 aliphatic heterocycles. The molecule has 0 unspecified atom stereocenters. The number of alkyl carbamates (subject to hydrolysis) is 1. The molecule has 1 aliphatic rings. The van der Waals surface area contributed by atoms with Crippen LogP contribution in [-0.2, 0) is 66.4 Å². The van der Waals surface area contributed by atoms with E-state index in [2.05, 4.69) is 18.8 Å². The Bertz CT molecular complexity index is 1730. The molecule has 3 aromatic rings. The van der Waals surface area contributed by atoms with E-state index >= 15 is 0 Å². The van der Waals surface area contributed by atoms with Gasteiger partial charge in [0.2, 0.25) is 3.79 Å². The van der Waals surface area contributed by atoms with Crippen molar-refractivity contribution in [3.63, 3.8) is 0 Å². The molecule has 1 heterocycles. The lowest BCUT2D eigenvalue weighted by Gasteiger charge is -2.45. The number of unbranched alkanes of at least 4 members (excludes halogenated alkanes) is 10. The van der Waals surface area contributed by atoms with Crippen LogP contribution >= 0.6 is 42.6 Å². The van der Waals surface area contributed by atoms with Gasteiger partial charge in [-0.15, -0.1) is 6.58 Å². The van der Waals surface area contributed by atoms with E-state index in [1.165, 1.54) is 44.6 Å². The van der Waals surface area contributed by atoms with E-state index in [0.717, 1.165) is 31.2 Å². The standard InChI is InChI=1S/C47H63Cl3NO11P/c1-3-5-6-7-8-9-10-11-12-13-23-30-41(52)61-44-42(51-46(53)57-36-47(48,49)50)45(56-31-4-2)60-40(35-55-32-37-24-17-14-18-25-37)43(44)62-63(54,58-33-38-26-19-15-20-27-38)59-34-39-28-21-16-22-29-39/h4,14-22,24-29,40,42-45H,2-3,5-13,23,30-36H2,1H3,(H,51,53)/t40-,42-,43-,44-,45-/m1/s1. The molecule has 0 spiro atoms. The molecule has 1 saturated heterocycles. The fraction of sp³-hybridized carbons (Fsp3) is 0.532. The molecular weight excluding hydrogens is 892 g/mol. The summed E-state index contributed by atoms with van der Waals surface area (Å²) < 4.78 is 61.6. The van der Waals surface area contributed by atoms with Crippen molar-refractivity contribution in [1.29, 1.82) is 0 Å². The number of amides is 1. The first kappa shape index (κ1) is 52.6. The number of hydrogen-bond acceptors (Lipinski definition) is 11. The lowest BCUT2D eigenvalue weighted by molar-refractivity contribution is -0.271. The number of benzene rings is 3. The van der Waals surface area contributed by atoms with Gasteiger partial charge in [-0.25, -0.2) is 9.36 Å². The van der Waals surface area contributed by atoms with Crippen molar-refractivity contribution in [2.24, 2.45) is 0 Å². The maximum atomic E-state index is 15.0. The van der Waals surface area contributed by atoms with Gasteiger partial charge in [0.1, 0.15) is 24.9 Å². The van der Waals surface area contributed by atoms with E-state index < -0.39 is 60.9 Å². The number of esters is 1. The fourth-order valence-corrected chi connectivity index (χ4v) is 8.33. The Morgan fingerprint density at radius 1 is 0.746 bits per heavy atom. The van der Waals surface area contributed by atoms with Gasteiger partial charge in [-0.2, -0.15) is 0 Å². The van der Waals surface area contributed by atoms with Crippen LogP contribution in [0.2, 0.25) is 0 Å². The van der Waals surface area contributed by atoms with E-state index in [1.54, 1.807) is 24.3 Å². The summed E-state index contributed by atoms with van der Waals surface area (Å²) in [5.41, 5.74) is 2.26. The number of phosphoric ester groups is 1. The molecule has 1 amide bonds. The lowest BCUT2D eigenvalue weighted by Crippen LogP contribution is -2.66. The normalized spacial score (nSPS) is 19.0. The lowest BCUT2D eigenvalue weighted by atomic mass is 9.96. The van der Waals surface area contributed by atoms with Gasteiger partial charge >= 0.3 is 19.9 Å². The molecule has 0 saturated carbocycles. The number of hydrogen-bond donors (Lipinski definition) is 1. The third-order valence-corrected chi connectivity index (χ3v) is 11.8. The Morgan fingerprint density at radius 2 is 1.25 bits per heavy atom. The van der Waals surface area contributed by atoms with Crippen LogP contribution in [0, 0.1) is 0 Å². The Kier molecular flexibility index (Phi) is 24.7. The number of carbonyl (C=O) groups excluding carboxylic acids is 2. The quantitative estimate of drug-likeness (QED) is 0.0225. The zero-order chi connectivity index (χ0) is 45.2. The summed E-state index contributed by atoms with van der Waals surface area (Å²) in [6, 6.07) is 26.3. The Morgan fingerprint density at radius 3 is 1.76 bits per heavy atom. The highest BCUT2D eigenvalue weighted by Crippen LogP contribution is 2.54. The summed E-state index contributed by atoms with van der Waals surface area (Å²) in [7, 11) is -4.59. The van der Waals surface area contributed by atoms with E-state index in [1.807, 2.05) is 66.7 Å². The van der Waals surface area contributed by atoms with Crippen molar-refractivity contribution in [3.05, 3.63) is 120 Å². The summed E-state index contributed by atoms with van der Waals surface area (Å²) in [5.74, 6) is -0.593. The van der Waals surface area contributed by atoms with Crippen molar-refractivity contribution < 1.29 is 51.4 Å². The first-order valence-corrected chi connectivity index (χ1v) is 24.4. The highest BCUT2D eigenvalue weighted by molar-refractivity contribution is 7.48. The molecule has 348 valence electrons. The molecule has 5 atom stereocenters. The molecule has 0 aliphatic carbocycles. The SMILES string of the molecule is C=CCO[C@@H]1O[C@H](COCc2ccccc2)[C@@H](OP(=O)(OCc2ccccc2)OCc2ccccc2)[C@H](OC(=O)CCCCCCCCCCCCC)[C@H]1NC(=O)OCC(Cl)(Cl)Cl. The van der Waals surface area contributed by atoms with Crippen LogP contribution in [0.3, 0.4) is 0 Å². The number of phosphoric acid groups is 1. The monoisotopic (exact) mass is 953 g/mol. The minimum Gasteiger partial charge on any atom is -0.457 e. The summed E-state index contributed by atoms with van der Waals surface area (Å²) in [5, 5.41) is 2.66. The number of carbonyl (C=O) groups is 2. The van der Waals surface area contributed by atoms with Crippen LogP contribution < -0.4 is 5.32 Å². The van der Waals surface area contributed by atoms with Gasteiger partial charge < -0.3 is 29.0 Å². The molecule has 1 N–H and O–H groups in total.